The van der Waals surface area contributed by atoms with Gasteiger partial charge in [-0.25, -0.2) is 4.98 Å². The number of nitrogens with zero attached hydrogens (tertiary/aromatic N) is 1. The second-order valence-electron chi connectivity index (χ2n) is 4.14. The maximum Gasteiger partial charge on any atom is 0.230 e. The molecule has 0 aliphatic carbocycles. The molecule has 1 amide bonds. The smallest absolute Gasteiger partial charge is 0.230 e. The minimum Gasteiger partial charge on any atom is -0.444 e. The summed E-state index contributed by atoms with van der Waals surface area (Å²) in [7, 11) is 0. The maximum absolute atomic E-state index is 11.4. The van der Waals surface area contributed by atoms with Gasteiger partial charge < -0.3 is 15.5 Å². The van der Waals surface area contributed by atoms with Crippen molar-refractivity contribution >= 4 is 17.7 Å². The van der Waals surface area contributed by atoms with Crippen LogP contribution in [0.5, 0.6) is 0 Å². The van der Waals surface area contributed by atoms with Crippen molar-refractivity contribution in [2.45, 2.75) is 5.75 Å². The van der Waals surface area contributed by atoms with Crippen LogP contribution >= 0.6 is 11.8 Å². The van der Waals surface area contributed by atoms with Gasteiger partial charge in [0.15, 0.2) is 0 Å². The monoisotopic (exact) mass is 291 g/mol. The zero-order valence-corrected chi connectivity index (χ0v) is 11.9. The van der Waals surface area contributed by atoms with Gasteiger partial charge in [-0.05, 0) is 12.1 Å². The van der Waals surface area contributed by atoms with Gasteiger partial charge >= 0.3 is 0 Å². The van der Waals surface area contributed by atoms with E-state index in [-0.39, 0.29) is 5.91 Å². The first kappa shape index (κ1) is 14.6. The second-order valence-corrected chi connectivity index (χ2v) is 5.13. The van der Waals surface area contributed by atoms with Gasteiger partial charge in [0.2, 0.25) is 11.8 Å². The van der Waals surface area contributed by atoms with E-state index in [1.807, 2.05) is 30.3 Å². The summed E-state index contributed by atoms with van der Waals surface area (Å²) < 4.78 is 5.43. The summed E-state index contributed by atoms with van der Waals surface area (Å²) in [4.78, 5) is 15.8. The molecule has 0 spiro atoms. The van der Waals surface area contributed by atoms with Gasteiger partial charge in [0, 0.05) is 24.4 Å². The van der Waals surface area contributed by atoms with E-state index in [1.165, 1.54) is 11.8 Å². The van der Waals surface area contributed by atoms with Crippen molar-refractivity contribution in [3.63, 3.8) is 0 Å². The van der Waals surface area contributed by atoms with Crippen LogP contribution in [0.1, 0.15) is 5.69 Å². The molecule has 3 N–H and O–H groups in total. The SMILES string of the molecule is NCCNC(=O)CSCc1coc(-c2ccccc2)n1. The number of aromatic nitrogens is 1. The van der Waals surface area contributed by atoms with Gasteiger partial charge in [0.25, 0.3) is 0 Å². The van der Waals surface area contributed by atoms with Crippen LogP contribution in [0.4, 0.5) is 0 Å². The van der Waals surface area contributed by atoms with Crippen molar-refractivity contribution in [1.29, 1.82) is 0 Å². The lowest BCUT2D eigenvalue weighted by molar-refractivity contribution is -0.118. The third-order valence-electron chi connectivity index (χ3n) is 2.52. The van der Waals surface area contributed by atoms with Crippen molar-refractivity contribution in [3.8, 4) is 11.5 Å². The third kappa shape index (κ3) is 4.40. The quantitative estimate of drug-likeness (QED) is 0.810. The fraction of sp³-hybridized carbons (Fsp3) is 0.286. The van der Waals surface area contributed by atoms with Crippen molar-refractivity contribution in [3.05, 3.63) is 42.3 Å². The molecule has 0 radical (unpaired) electrons. The maximum atomic E-state index is 11.4. The number of hydrogen-bond acceptors (Lipinski definition) is 5. The number of hydrogen-bond donors (Lipinski definition) is 2. The minimum absolute atomic E-state index is 0.00720. The van der Waals surface area contributed by atoms with Gasteiger partial charge in [0.05, 0.1) is 11.4 Å². The Morgan fingerprint density at radius 3 is 2.90 bits per heavy atom. The summed E-state index contributed by atoms with van der Waals surface area (Å²) in [6, 6.07) is 9.72. The van der Waals surface area contributed by atoms with Gasteiger partial charge in [-0.1, -0.05) is 18.2 Å². The molecule has 0 unspecified atom stereocenters. The van der Waals surface area contributed by atoms with E-state index in [0.29, 0.717) is 30.5 Å². The highest BCUT2D eigenvalue weighted by Crippen LogP contribution is 2.20. The molecule has 1 heterocycles. The van der Waals surface area contributed by atoms with Gasteiger partial charge in [-0.15, -0.1) is 11.8 Å². The number of oxazole rings is 1. The zero-order valence-electron chi connectivity index (χ0n) is 11.0. The molecule has 0 aliphatic rings. The lowest BCUT2D eigenvalue weighted by Crippen LogP contribution is -2.30. The predicted molar refractivity (Wildman–Crippen MR) is 80.2 cm³/mol. The zero-order chi connectivity index (χ0) is 14.2. The standard InChI is InChI=1S/C14H17N3O2S/c15-6-7-16-13(18)10-20-9-12-8-19-14(17-12)11-4-2-1-3-5-11/h1-5,8H,6-7,9-10,15H2,(H,16,18). The van der Waals surface area contributed by atoms with Crippen LogP contribution in [0.15, 0.2) is 41.0 Å². The first-order valence-corrected chi connectivity index (χ1v) is 7.49. The minimum atomic E-state index is -0.00720. The van der Waals surface area contributed by atoms with Crippen molar-refractivity contribution < 1.29 is 9.21 Å². The Labute approximate surface area is 122 Å². The predicted octanol–water partition coefficient (Wildman–Crippen LogP) is 1.65. The Kier molecular flexibility index (Phi) is 5.64. The van der Waals surface area contributed by atoms with Crippen molar-refractivity contribution in [2.75, 3.05) is 18.8 Å². The highest BCUT2D eigenvalue weighted by molar-refractivity contribution is 7.99. The van der Waals surface area contributed by atoms with Gasteiger partial charge in [-0.2, -0.15) is 0 Å². The second kappa shape index (κ2) is 7.72. The molecule has 0 fully saturated rings. The lowest BCUT2D eigenvalue weighted by atomic mass is 10.2. The molecule has 2 rings (SSSR count). The first-order chi connectivity index (χ1) is 9.79. The highest BCUT2D eigenvalue weighted by Gasteiger charge is 2.07. The molecule has 1 aromatic carbocycles. The van der Waals surface area contributed by atoms with E-state index in [4.69, 9.17) is 10.2 Å². The molecule has 0 bridgehead atoms. The highest BCUT2D eigenvalue weighted by atomic mass is 32.2. The van der Waals surface area contributed by atoms with Gasteiger partial charge in [-0.3, -0.25) is 4.79 Å². The molecule has 6 heteroatoms. The molecule has 5 nitrogen and oxygen atoms in total. The molecule has 106 valence electrons. The Bertz CT molecular complexity index is 542. The number of nitrogens with one attached hydrogen (secondary N) is 1. The first-order valence-electron chi connectivity index (χ1n) is 6.34. The summed E-state index contributed by atoms with van der Waals surface area (Å²) in [6.07, 6.45) is 1.63. The Morgan fingerprint density at radius 2 is 2.15 bits per heavy atom. The van der Waals surface area contributed by atoms with E-state index < -0.39 is 0 Å². The average molecular weight is 291 g/mol. The molecular formula is C14H17N3O2S. The molecule has 20 heavy (non-hydrogen) atoms. The molecule has 0 atom stereocenters. The van der Waals surface area contributed by atoms with E-state index in [1.54, 1.807) is 6.26 Å². The van der Waals surface area contributed by atoms with E-state index in [0.717, 1.165) is 11.3 Å². The van der Waals surface area contributed by atoms with Crippen LogP contribution in [-0.2, 0) is 10.5 Å². The van der Waals surface area contributed by atoms with Crippen LogP contribution < -0.4 is 11.1 Å². The fourth-order valence-electron chi connectivity index (χ4n) is 1.60. The van der Waals surface area contributed by atoms with Crippen LogP contribution in [0, 0.1) is 0 Å². The summed E-state index contributed by atoms with van der Waals surface area (Å²) in [6.45, 7) is 0.974. The summed E-state index contributed by atoms with van der Waals surface area (Å²) in [5, 5.41) is 2.72. The number of rotatable bonds is 7. The summed E-state index contributed by atoms with van der Waals surface area (Å²) in [5.74, 6) is 1.64. The molecular weight excluding hydrogens is 274 g/mol. The number of carbonyl (C=O) groups excluding carboxylic acids is 1. The van der Waals surface area contributed by atoms with Crippen LogP contribution in [-0.4, -0.2) is 29.7 Å². The number of carbonyl (C=O) groups is 1. The van der Waals surface area contributed by atoms with E-state index in [2.05, 4.69) is 10.3 Å². The van der Waals surface area contributed by atoms with E-state index >= 15 is 0 Å². The van der Waals surface area contributed by atoms with Gasteiger partial charge in [0.1, 0.15) is 6.26 Å². The molecule has 2 aromatic rings. The normalized spacial score (nSPS) is 10.4. The lowest BCUT2D eigenvalue weighted by Gasteiger charge is -2.01. The van der Waals surface area contributed by atoms with Crippen LogP contribution in [0.2, 0.25) is 0 Å². The fourth-order valence-corrected chi connectivity index (χ4v) is 2.33. The number of benzene rings is 1. The Hall–Kier alpha value is -1.79. The Morgan fingerprint density at radius 1 is 1.35 bits per heavy atom. The summed E-state index contributed by atoms with van der Waals surface area (Å²) in [5.41, 5.74) is 7.09. The van der Waals surface area contributed by atoms with Crippen molar-refractivity contribution in [2.24, 2.45) is 5.73 Å². The average Bonchev–Trinajstić information content (AvgIpc) is 2.95. The largest absolute Gasteiger partial charge is 0.444 e. The molecule has 0 saturated carbocycles. The third-order valence-corrected chi connectivity index (χ3v) is 3.49. The summed E-state index contributed by atoms with van der Waals surface area (Å²) >= 11 is 1.50. The number of amides is 1. The van der Waals surface area contributed by atoms with Crippen LogP contribution in [0.3, 0.4) is 0 Å². The number of thioether (sulfide) groups is 1. The van der Waals surface area contributed by atoms with Crippen LogP contribution in [0.25, 0.3) is 11.5 Å². The van der Waals surface area contributed by atoms with E-state index in [9.17, 15) is 4.79 Å². The van der Waals surface area contributed by atoms with Crippen molar-refractivity contribution in [1.82, 2.24) is 10.3 Å². The molecule has 1 aromatic heterocycles. The Balaban J connectivity index is 1.80. The molecule has 0 aliphatic heterocycles. The number of nitrogens with two attached hydrogens (primary N) is 1. The molecule has 0 saturated heterocycles. The topological polar surface area (TPSA) is 81.1 Å².